The minimum absolute atomic E-state index is 0.254. The van der Waals surface area contributed by atoms with Gasteiger partial charge < -0.3 is 0 Å². The lowest BCUT2D eigenvalue weighted by Gasteiger charge is -2.04. The molecule has 0 spiro atoms. The van der Waals surface area contributed by atoms with E-state index in [0.29, 0.717) is 4.90 Å². The maximum absolute atomic E-state index is 12.0. The average Bonchev–Trinajstić information content (AvgIpc) is 2.34. The van der Waals surface area contributed by atoms with Crippen LogP contribution in [0.4, 0.5) is 0 Å². The molecule has 0 aliphatic rings. The highest BCUT2D eigenvalue weighted by Crippen LogP contribution is 2.14. The van der Waals surface area contributed by atoms with Crippen LogP contribution in [0.2, 0.25) is 0 Å². The van der Waals surface area contributed by atoms with E-state index in [9.17, 15) is 8.42 Å². The van der Waals surface area contributed by atoms with Crippen LogP contribution in [-0.2, 0) is 9.84 Å². The molecule has 0 radical (unpaired) electrons. The normalized spacial score (nSPS) is 11.4. The quantitative estimate of drug-likeness (QED) is 0.528. The second-order valence-electron chi connectivity index (χ2n) is 4.62. The Labute approximate surface area is 111 Å². The monoisotopic (exact) mass is 266 g/mol. The fourth-order valence-electron chi connectivity index (χ4n) is 1.80. The van der Waals surface area contributed by atoms with Crippen molar-refractivity contribution in [1.82, 2.24) is 0 Å². The molecule has 0 saturated heterocycles. The third-order valence-corrected chi connectivity index (χ3v) is 4.77. The molecule has 18 heavy (non-hydrogen) atoms. The predicted molar refractivity (Wildman–Crippen MR) is 76.5 cm³/mol. The highest BCUT2D eigenvalue weighted by atomic mass is 32.2. The van der Waals surface area contributed by atoms with Crippen LogP contribution in [0.3, 0.4) is 0 Å². The summed E-state index contributed by atoms with van der Waals surface area (Å²) in [6, 6.07) is 7.08. The topological polar surface area (TPSA) is 34.1 Å². The number of allylic oxidation sites excluding steroid dienone is 1. The summed E-state index contributed by atoms with van der Waals surface area (Å²) in [6.45, 7) is 5.62. The summed E-state index contributed by atoms with van der Waals surface area (Å²) in [6.07, 6.45) is 6.82. The zero-order valence-corrected chi connectivity index (χ0v) is 11.9. The molecule has 100 valence electrons. The molecule has 1 aromatic carbocycles. The van der Waals surface area contributed by atoms with Crippen molar-refractivity contribution in [1.29, 1.82) is 0 Å². The summed E-state index contributed by atoms with van der Waals surface area (Å²) in [5.41, 5.74) is 1.08. The van der Waals surface area contributed by atoms with Crippen LogP contribution in [0.1, 0.15) is 37.7 Å². The zero-order chi connectivity index (χ0) is 13.4. The van der Waals surface area contributed by atoms with E-state index in [1.165, 1.54) is 0 Å². The zero-order valence-electron chi connectivity index (χ0n) is 11.1. The predicted octanol–water partition coefficient (Wildman–Crippen LogP) is 3.91. The van der Waals surface area contributed by atoms with Gasteiger partial charge in [0.05, 0.1) is 10.6 Å². The van der Waals surface area contributed by atoms with Crippen LogP contribution in [0.25, 0.3) is 0 Å². The molecule has 3 heteroatoms. The summed E-state index contributed by atoms with van der Waals surface area (Å²) < 4.78 is 24.0. The molecule has 0 fully saturated rings. The van der Waals surface area contributed by atoms with E-state index >= 15 is 0 Å². The molecule has 0 aromatic heterocycles. The van der Waals surface area contributed by atoms with Crippen molar-refractivity contribution in [2.24, 2.45) is 0 Å². The Balaban J connectivity index is 2.40. The first kappa shape index (κ1) is 15.0. The van der Waals surface area contributed by atoms with E-state index in [1.807, 2.05) is 25.1 Å². The van der Waals surface area contributed by atoms with Crippen LogP contribution in [0.15, 0.2) is 41.8 Å². The standard InChI is InChI=1S/C15H22O2S/c1-3-4-5-6-7-8-13-18(16,17)15-11-9-14(2)10-12-15/h3,9-12H,1,4-8,13H2,2H3. The van der Waals surface area contributed by atoms with Crippen molar-refractivity contribution in [2.75, 3.05) is 5.75 Å². The van der Waals surface area contributed by atoms with Crippen LogP contribution in [0, 0.1) is 6.92 Å². The van der Waals surface area contributed by atoms with Gasteiger partial charge in [-0.1, -0.05) is 36.6 Å². The molecule has 0 aliphatic heterocycles. The van der Waals surface area contributed by atoms with E-state index in [1.54, 1.807) is 12.1 Å². The van der Waals surface area contributed by atoms with Crippen LogP contribution < -0.4 is 0 Å². The summed E-state index contributed by atoms with van der Waals surface area (Å²) in [5, 5.41) is 0. The molecule has 1 rings (SSSR count). The maximum Gasteiger partial charge on any atom is 0.178 e. The van der Waals surface area contributed by atoms with E-state index in [0.717, 1.165) is 37.7 Å². The number of aryl methyl sites for hydroxylation is 1. The number of unbranched alkanes of at least 4 members (excludes halogenated alkanes) is 4. The van der Waals surface area contributed by atoms with Gasteiger partial charge in [-0.15, -0.1) is 6.58 Å². The smallest absolute Gasteiger partial charge is 0.178 e. The molecular formula is C15H22O2S. The van der Waals surface area contributed by atoms with Gasteiger partial charge in [0.1, 0.15) is 0 Å². The summed E-state index contributed by atoms with van der Waals surface area (Å²) in [7, 11) is -3.09. The molecule has 0 aliphatic carbocycles. The third-order valence-electron chi connectivity index (χ3n) is 2.95. The Kier molecular flexibility index (Phi) is 6.13. The lowest BCUT2D eigenvalue weighted by molar-refractivity contribution is 0.588. The molecule has 0 amide bonds. The van der Waals surface area contributed by atoms with E-state index in [-0.39, 0.29) is 5.75 Å². The minimum atomic E-state index is -3.09. The van der Waals surface area contributed by atoms with Gasteiger partial charge in [0.15, 0.2) is 9.84 Å². The van der Waals surface area contributed by atoms with Gasteiger partial charge in [-0.2, -0.15) is 0 Å². The van der Waals surface area contributed by atoms with Crippen molar-refractivity contribution in [2.45, 2.75) is 43.9 Å². The Hall–Kier alpha value is -1.09. The minimum Gasteiger partial charge on any atom is -0.224 e. The van der Waals surface area contributed by atoms with Gasteiger partial charge >= 0.3 is 0 Å². The lowest BCUT2D eigenvalue weighted by Crippen LogP contribution is -2.06. The average molecular weight is 266 g/mol. The van der Waals surface area contributed by atoms with Gasteiger partial charge in [0.2, 0.25) is 0 Å². The fourth-order valence-corrected chi connectivity index (χ4v) is 3.17. The molecule has 2 nitrogen and oxygen atoms in total. The van der Waals surface area contributed by atoms with Crippen LogP contribution in [-0.4, -0.2) is 14.2 Å². The number of benzene rings is 1. The Bertz CT molecular complexity index is 458. The van der Waals surface area contributed by atoms with E-state index < -0.39 is 9.84 Å². The van der Waals surface area contributed by atoms with Gasteiger partial charge in [0.25, 0.3) is 0 Å². The first-order valence-electron chi connectivity index (χ1n) is 6.46. The largest absolute Gasteiger partial charge is 0.224 e. The fraction of sp³-hybridized carbons (Fsp3) is 0.467. The third kappa shape index (κ3) is 5.05. The SMILES string of the molecule is C=CCCCCCCS(=O)(=O)c1ccc(C)cc1. The molecule has 1 aromatic rings. The number of hydrogen-bond donors (Lipinski definition) is 0. The highest BCUT2D eigenvalue weighted by molar-refractivity contribution is 7.91. The number of hydrogen-bond acceptors (Lipinski definition) is 2. The lowest BCUT2D eigenvalue weighted by atomic mass is 10.2. The molecule has 0 bridgehead atoms. The van der Waals surface area contributed by atoms with Crippen molar-refractivity contribution in [3.8, 4) is 0 Å². The van der Waals surface area contributed by atoms with Crippen LogP contribution >= 0.6 is 0 Å². The summed E-state index contributed by atoms with van der Waals surface area (Å²) in [5.74, 6) is 0.254. The van der Waals surface area contributed by atoms with Crippen LogP contribution in [0.5, 0.6) is 0 Å². The molecule has 0 heterocycles. The molecule has 0 atom stereocenters. The van der Waals surface area contributed by atoms with Gasteiger partial charge in [-0.3, -0.25) is 0 Å². The van der Waals surface area contributed by atoms with Gasteiger partial charge in [-0.25, -0.2) is 8.42 Å². The van der Waals surface area contributed by atoms with Crippen molar-refractivity contribution in [3.63, 3.8) is 0 Å². The van der Waals surface area contributed by atoms with Crippen molar-refractivity contribution in [3.05, 3.63) is 42.5 Å². The Morgan fingerprint density at radius 1 is 1.06 bits per heavy atom. The Morgan fingerprint density at radius 3 is 2.28 bits per heavy atom. The highest BCUT2D eigenvalue weighted by Gasteiger charge is 2.13. The molecule has 0 N–H and O–H groups in total. The second kappa shape index (κ2) is 7.37. The summed E-state index contributed by atoms with van der Waals surface area (Å²) >= 11 is 0. The van der Waals surface area contributed by atoms with Gasteiger partial charge in [0, 0.05) is 0 Å². The number of rotatable bonds is 8. The van der Waals surface area contributed by atoms with Gasteiger partial charge in [-0.05, 0) is 38.3 Å². The molecular weight excluding hydrogens is 244 g/mol. The number of sulfone groups is 1. The summed E-state index contributed by atoms with van der Waals surface area (Å²) in [4.78, 5) is 0.444. The first-order valence-corrected chi connectivity index (χ1v) is 8.12. The first-order chi connectivity index (χ1) is 8.56. The van der Waals surface area contributed by atoms with Crippen molar-refractivity contribution >= 4 is 9.84 Å². The van der Waals surface area contributed by atoms with E-state index in [2.05, 4.69) is 6.58 Å². The second-order valence-corrected chi connectivity index (χ2v) is 6.73. The van der Waals surface area contributed by atoms with E-state index in [4.69, 9.17) is 0 Å². The van der Waals surface area contributed by atoms with Crippen molar-refractivity contribution < 1.29 is 8.42 Å². The molecule has 0 saturated carbocycles. The Morgan fingerprint density at radius 2 is 1.67 bits per heavy atom. The molecule has 0 unspecified atom stereocenters. The maximum atomic E-state index is 12.0.